The number of nitrogens with one attached hydrogen (secondary N) is 1. The van der Waals surface area contributed by atoms with Crippen LogP contribution in [0.1, 0.15) is 95.1 Å². The van der Waals surface area contributed by atoms with E-state index in [0.29, 0.717) is 6.54 Å². The van der Waals surface area contributed by atoms with E-state index in [-0.39, 0.29) is 6.03 Å². The number of anilines is 1. The molecule has 0 spiro atoms. The van der Waals surface area contributed by atoms with Crippen molar-refractivity contribution in [1.29, 1.82) is 0 Å². The quantitative estimate of drug-likeness (QED) is 0.177. The number of thioether (sulfide) groups is 1. The molecule has 1 aliphatic heterocycles. The third-order valence-electron chi connectivity index (χ3n) is 7.23. The first kappa shape index (κ1) is 30.9. The molecule has 0 aromatic heterocycles. The monoisotopic (exact) mass is 551 g/mol. The SMILES string of the molecule is CCCCCCCCCCCCCCOc1ccc(CN(C(=O)NC)c2ccc(CN3C=CSC3)cc2)cc1. The van der Waals surface area contributed by atoms with Gasteiger partial charge in [0.1, 0.15) is 5.75 Å². The minimum atomic E-state index is -0.117. The summed E-state index contributed by atoms with van der Waals surface area (Å²) in [5.41, 5.74) is 3.19. The largest absolute Gasteiger partial charge is 0.494 e. The van der Waals surface area contributed by atoms with Gasteiger partial charge in [-0.25, -0.2) is 4.79 Å². The van der Waals surface area contributed by atoms with E-state index < -0.39 is 0 Å². The van der Waals surface area contributed by atoms with Crippen LogP contribution in [0, 0.1) is 0 Å². The van der Waals surface area contributed by atoms with Crippen molar-refractivity contribution in [2.24, 2.45) is 0 Å². The molecule has 39 heavy (non-hydrogen) atoms. The van der Waals surface area contributed by atoms with Crippen molar-refractivity contribution in [1.82, 2.24) is 10.2 Å². The van der Waals surface area contributed by atoms with Crippen LogP contribution in [0.5, 0.6) is 5.75 Å². The van der Waals surface area contributed by atoms with Crippen LogP contribution < -0.4 is 15.0 Å². The van der Waals surface area contributed by atoms with Gasteiger partial charge in [0, 0.05) is 25.5 Å². The van der Waals surface area contributed by atoms with Crippen molar-refractivity contribution in [3.8, 4) is 5.75 Å². The van der Waals surface area contributed by atoms with Crippen LogP contribution in [0.4, 0.5) is 10.5 Å². The zero-order chi connectivity index (χ0) is 27.5. The van der Waals surface area contributed by atoms with E-state index in [9.17, 15) is 4.79 Å². The van der Waals surface area contributed by atoms with Gasteiger partial charge < -0.3 is 15.0 Å². The number of urea groups is 1. The minimum Gasteiger partial charge on any atom is -0.494 e. The van der Waals surface area contributed by atoms with Gasteiger partial charge in [-0.3, -0.25) is 4.90 Å². The Hall–Kier alpha value is -2.60. The smallest absolute Gasteiger partial charge is 0.321 e. The van der Waals surface area contributed by atoms with Crippen LogP contribution in [0.3, 0.4) is 0 Å². The van der Waals surface area contributed by atoms with Crippen molar-refractivity contribution in [2.75, 3.05) is 24.4 Å². The van der Waals surface area contributed by atoms with E-state index in [0.717, 1.165) is 42.4 Å². The Morgan fingerprint density at radius 2 is 1.44 bits per heavy atom. The van der Waals surface area contributed by atoms with Gasteiger partial charge in [-0.05, 0) is 47.2 Å². The molecule has 2 aromatic carbocycles. The second-order valence-electron chi connectivity index (χ2n) is 10.5. The van der Waals surface area contributed by atoms with Gasteiger partial charge in [-0.15, -0.1) is 11.8 Å². The first-order chi connectivity index (χ1) is 19.2. The molecule has 0 unspecified atom stereocenters. The Morgan fingerprint density at radius 3 is 2.00 bits per heavy atom. The van der Waals surface area contributed by atoms with Crippen molar-refractivity contribution in [3.05, 3.63) is 71.3 Å². The molecule has 2 aromatic rings. The zero-order valence-corrected chi connectivity index (χ0v) is 25.0. The maximum Gasteiger partial charge on any atom is 0.321 e. The summed E-state index contributed by atoms with van der Waals surface area (Å²) in [6, 6.07) is 16.3. The summed E-state index contributed by atoms with van der Waals surface area (Å²) >= 11 is 1.81. The maximum atomic E-state index is 12.7. The van der Waals surface area contributed by atoms with Crippen LogP contribution in [-0.4, -0.2) is 30.5 Å². The lowest BCUT2D eigenvalue weighted by atomic mass is 10.1. The third kappa shape index (κ3) is 12.0. The normalized spacial score (nSPS) is 12.6. The number of amides is 2. The van der Waals surface area contributed by atoms with Gasteiger partial charge in [-0.1, -0.05) is 102 Å². The number of benzene rings is 2. The third-order valence-corrected chi connectivity index (χ3v) is 8.03. The standard InChI is InChI=1S/C33H49N3O2S/c1-3-4-5-6-7-8-9-10-11-12-13-14-24-38-32-21-17-30(18-22-32)27-36(33(37)34-2)31-19-15-29(16-20-31)26-35-23-25-39-28-35/h15-23,25H,3-14,24,26-28H2,1-2H3,(H,34,37). The molecule has 0 bridgehead atoms. The summed E-state index contributed by atoms with van der Waals surface area (Å²) in [5.74, 6) is 1.89. The Kier molecular flexibility index (Phi) is 14.8. The Balaban J connectivity index is 1.33. The molecule has 0 fully saturated rings. The van der Waals surface area contributed by atoms with Gasteiger partial charge in [-0.2, -0.15) is 0 Å². The average Bonchev–Trinajstić information content (AvgIpc) is 3.48. The van der Waals surface area contributed by atoms with Crippen LogP contribution in [-0.2, 0) is 13.1 Å². The molecule has 0 aliphatic carbocycles. The van der Waals surface area contributed by atoms with E-state index in [2.05, 4.69) is 53.0 Å². The molecule has 1 N–H and O–H groups in total. The van der Waals surface area contributed by atoms with Crippen LogP contribution in [0.15, 0.2) is 60.1 Å². The van der Waals surface area contributed by atoms with Crippen LogP contribution in [0.2, 0.25) is 0 Å². The second kappa shape index (κ2) is 18.6. The molecule has 0 atom stereocenters. The zero-order valence-electron chi connectivity index (χ0n) is 24.2. The first-order valence-electron chi connectivity index (χ1n) is 15.0. The summed E-state index contributed by atoms with van der Waals surface area (Å²) in [6.07, 6.45) is 18.3. The number of carbonyl (C=O) groups is 1. The topological polar surface area (TPSA) is 44.8 Å². The van der Waals surface area contributed by atoms with Gasteiger partial charge in [0.2, 0.25) is 0 Å². The van der Waals surface area contributed by atoms with Gasteiger partial charge in [0.25, 0.3) is 0 Å². The van der Waals surface area contributed by atoms with Crippen LogP contribution in [0.25, 0.3) is 0 Å². The van der Waals surface area contributed by atoms with Crippen LogP contribution >= 0.6 is 11.8 Å². The highest BCUT2D eigenvalue weighted by molar-refractivity contribution is 8.02. The number of rotatable bonds is 19. The average molecular weight is 552 g/mol. The molecule has 214 valence electrons. The van der Waals surface area contributed by atoms with E-state index in [1.165, 1.54) is 76.2 Å². The van der Waals surface area contributed by atoms with Crippen molar-refractivity contribution >= 4 is 23.5 Å². The molecule has 0 saturated carbocycles. The molecule has 5 nitrogen and oxygen atoms in total. The summed E-state index contributed by atoms with van der Waals surface area (Å²) in [5, 5.41) is 4.90. The molecule has 2 amide bonds. The number of nitrogens with zero attached hydrogens (tertiary/aromatic N) is 2. The van der Waals surface area contributed by atoms with E-state index in [1.807, 2.05) is 24.3 Å². The van der Waals surface area contributed by atoms with E-state index >= 15 is 0 Å². The summed E-state index contributed by atoms with van der Waals surface area (Å²) in [6.45, 7) is 4.42. The maximum absolute atomic E-state index is 12.7. The Bertz CT molecular complexity index is 962. The number of ether oxygens (including phenoxy) is 1. The lowest BCUT2D eigenvalue weighted by Crippen LogP contribution is -2.37. The fourth-order valence-electron chi connectivity index (χ4n) is 4.85. The highest BCUT2D eigenvalue weighted by Gasteiger charge is 2.15. The molecule has 0 saturated heterocycles. The molecular weight excluding hydrogens is 502 g/mol. The predicted octanol–water partition coefficient (Wildman–Crippen LogP) is 9.09. The molecule has 1 heterocycles. The second-order valence-corrected chi connectivity index (χ2v) is 11.4. The van der Waals surface area contributed by atoms with Crippen molar-refractivity contribution < 1.29 is 9.53 Å². The van der Waals surface area contributed by atoms with Crippen molar-refractivity contribution in [3.63, 3.8) is 0 Å². The molecule has 1 aliphatic rings. The highest BCUT2D eigenvalue weighted by atomic mass is 32.2. The molecule has 0 radical (unpaired) electrons. The summed E-state index contributed by atoms with van der Waals surface area (Å²) in [4.78, 5) is 16.7. The summed E-state index contributed by atoms with van der Waals surface area (Å²) in [7, 11) is 1.67. The predicted molar refractivity (Wildman–Crippen MR) is 167 cm³/mol. The lowest BCUT2D eigenvalue weighted by molar-refractivity contribution is 0.248. The van der Waals surface area contributed by atoms with Crippen molar-refractivity contribution in [2.45, 2.75) is 97.1 Å². The highest BCUT2D eigenvalue weighted by Crippen LogP contribution is 2.23. The first-order valence-corrected chi connectivity index (χ1v) is 16.1. The number of hydrogen-bond donors (Lipinski definition) is 1. The fraction of sp³-hybridized carbons (Fsp3) is 0.545. The van der Waals surface area contributed by atoms with Gasteiger partial charge >= 0.3 is 6.03 Å². The summed E-state index contributed by atoms with van der Waals surface area (Å²) < 4.78 is 5.98. The fourth-order valence-corrected chi connectivity index (χ4v) is 5.56. The molecule has 6 heteroatoms. The molecular formula is C33H49N3O2S. The Morgan fingerprint density at radius 1 is 0.846 bits per heavy atom. The molecule has 3 rings (SSSR count). The Labute approximate surface area is 241 Å². The number of carbonyl (C=O) groups excluding carboxylic acids is 1. The lowest BCUT2D eigenvalue weighted by Gasteiger charge is -2.23. The minimum absolute atomic E-state index is 0.117. The van der Waals surface area contributed by atoms with Gasteiger partial charge in [0.15, 0.2) is 0 Å². The van der Waals surface area contributed by atoms with E-state index in [4.69, 9.17) is 4.74 Å². The number of hydrogen-bond acceptors (Lipinski definition) is 4. The van der Waals surface area contributed by atoms with E-state index in [1.54, 1.807) is 23.7 Å². The van der Waals surface area contributed by atoms with Gasteiger partial charge in [0.05, 0.1) is 19.0 Å². The number of unbranched alkanes of at least 4 members (excludes halogenated alkanes) is 11.